The Bertz CT molecular complexity index is 799. The molecule has 1 aliphatic heterocycles. The Hall–Kier alpha value is -2.44. The van der Waals surface area contributed by atoms with Crippen molar-refractivity contribution in [2.75, 3.05) is 4.90 Å². The fourth-order valence-electron chi connectivity index (χ4n) is 2.02. The van der Waals surface area contributed by atoms with Crippen molar-refractivity contribution < 1.29 is 14.0 Å². The van der Waals surface area contributed by atoms with Crippen molar-refractivity contribution in [3.05, 3.63) is 59.0 Å². The molecular formula is C15H9ClN2O3S. The first-order valence-corrected chi connectivity index (χ1v) is 7.05. The first-order chi connectivity index (χ1) is 10.6. The lowest BCUT2D eigenvalue weighted by Crippen LogP contribution is -2.54. The van der Waals surface area contributed by atoms with Crippen molar-refractivity contribution in [1.29, 1.82) is 0 Å². The summed E-state index contributed by atoms with van der Waals surface area (Å²) in [6.07, 6.45) is 2.83. The molecule has 1 aliphatic rings. The molecule has 1 N–H and O–H groups in total. The molecule has 2 aromatic rings. The van der Waals surface area contributed by atoms with Crippen LogP contribution in [0.15, 0.2) is 52.7 Å². The van der Waals surface area contributed by atoms with Gasteiger partial charge in [-0.25, -0.2) is 0 Å². The number of benzene rings is 1. The summed E-state index contributed by atoms with van der Waals surface area (Å²) < 4.78 is 5.14. The molecule has 0 radical (unpaired) electrons. The zero-order valence-electron chi connectivity index (χ0n) is 11.1. The van der Waals surface area contributed by atoms with Gasteiger partial charge in [-0.1, -0.05) is 17.7 Å². The van der Waals surface area contributed by atoms with Crippen LogP contribution >= 0.6 is 23.8 Å². The maximum Gasteiger partial charge on any atom is 0.270 e. The summed E-state index contributed by atoms with van der Waals surface area (Å²) in [7, 11) is 0. The minimum atomic E-state index is -0.565. The van der Waals surface area contributed by atoms with Gasteiger partial charge in [0.15, 0.2) is 5.11 Å². The Balaban J connectivity index is 2.03. The Morgan fingerprint density at radius 1 is 1.23 bits per heavy atom. The molecule has 1 fully saturated rings. The van der Waals surface area contributed by atoms with Crippen LogP contribution in [0.5, 0.6) is 0 Å². The highest BCUT2D eigenvalue weighted by molar-refractivity contribution is 7.80. The van der Waals surface area contributed by atoms with Crippen molar-refractivity contribution in [2.24, 2.45) is 0 Å². The third-order valence-corrected chi connectivity index (χ3v) is 3.52. The molecule has 7 heteroatoms. The lowest BCUT2D eigenvalue weighted by Gasteiger charge is -2.28. The summed E-state index contributed by atoms with van der Waals surface area (Å²) in [5, 5.41) is 2.95. The number of rotatable bonds is 2. The first kappa shape index (κ1) is 14.5. The van der Waals surface area contributed by atoms with Gasteiger partial charge in [0.2, 0.25) is 0 Å². The average molecular weight is 333 g/mol. The maximum atomic E-state index is 12.6. The number of anilines is 1. The molecule has 5 nitrogen and oxygen atoms in total. The van der Waals surface area contributed by atoms with Gasteiger partial charge in [-0.2, -0.15) is 0 Å². The molecule has 0 aliphatic carbocycles. The van der Waals surface area contributed by atoms with E-state index >= 15 is 0 Å². The van der Waals surface area contributed by atoms with Crippen LogP contribution in [0.1, 0.15) is 5.76 Å². The zero-order valence-corrected chi connectivity index (χ0v) is 12.6. The lowest BCUT2D eigenvalue weighted by molar-refractivity contribution is -0.122. The Morgan fingerprint density at radius 2 is 2.05 bits per heavy atom. The van der Waals surface area contributed by atoms with Gasteiger partial charge in [0.1, 0.15) is 11.3 Å². The van der Waals surface area contributed by atoms with Gasteiger partial charge in [0.25, 0.3) is 11.8 Å². The first-order valence-electron chi connectivity index (χ1n) is 6.27. The van der Waals surface area contributed by atoms with Crippen LogP contribution in [-0.4, -0.2) is 16.9 Å². The van der Waals surface area contributed by atoms with Crippen LogP contribution in [0.25, 0.3) is 6.08 Å². The van der Waals surface area contributed by atoms with Gasteiger partial charge in [-0.05, 0) is 48.6 Å². The van der Waals surface area contributed by atoms with E-state index in [-0.39, 0.29) is 10.7 Å². The minimum absolute atomic E-state index is 0.00821. The van der Waals surface area contributed by atoms with Crippen molar-refractivity contribution >= 4 is 52.5 Å². The summed E-state index contributed by atoms with van der Waals surface area (Å²) in [5.41, 5.74) is 0.413. The molecule has 0 unspecified atom stereocenters. The molecule has 1 saturated heterocycles. The quantitative estimate of drug-likeness (QED) is 0.522. The van der Waals surface area contributed by atoms with E-state index in [1.807, 2.05) is 0 Å². The smallest absolute Gasteiger partial charge is 0.270 e. The van der Waals surface area contributed by atoms with Crippen LogP contribution in [0.3, 0.4) is 0 Å². The third-order valence-electron chi connectivity index (χ3n) is 3.00. The molecule has 0 spiro atoms. The predicted octanol–water partition coefficient (Wildman–Crippen LogP) is 2.76. The number of nitrogens with one attached hydrogen (secondary N) is 1. The second-order valence-electron chi connectivity index (χ2n) is 4.45. The van der Waals surface area contributed by atoms with Crippen molar-refractivity contribution in [3.8, 4) is 0 Å². The summed E-state index contributed by atoms with van der Waals surface area (Å²) in [6.45, 7) is 0. The molecule has 0 bridgehead atoms. The zero-order chi connectivity index (χ0) is 15.7. The lowest BCUT2D eigenvalue weighted by atomic mass is 10.1. The highest BCUT2D eigenvalue weighted by Gasteiger charge is 2.34. The normalized spacial score (nSPS) is 17.0. The number of amides is 2. The van der Waals surface area contributed by atoms with E-state index in [9.17, 15) is 9.59 Å². The Labute approximate surface area is 136 Å². The summed E-state index contributed by atoms with van der Waals surface area (Å²) in [5.74, 6) is -0.700. The van der Waals surface area contributed by atoms with E-state index in [1.54, 1.807) is 36.4 Å². The molecule has 1 aromatic carbocycles. The maximum absolute atomic E-state index is 12.6. The molecule has 3 rings (SSSR count). The van der Waals surface area contributed by atoms with Gasteiger partial charge < -0.3 is 4.42 Å². The Morgan fingerprint density at radius 3 is 2.73 bits per heavy atom. The summed E-state index contributed by atoms with van der Waals surface area (Å²) >= 11 is 11.0. The van der Waals surface area contributed by atoms with E-state index in [0.29, 0.717) is 16.5 Å². The fourth-order valence-corrected chi connectivity index (χ4v) is 2.49. The van der Waals surface area contributed by atoms with Gasteiger partial charge in [-0.3, -0.25) is 19.8 Å². The number of thiocarbonyl (C=S) groups is 1. The molecule has 22 heavy (non-hydrogen) atoms. The molecule has 2 heterocycles. The molecule has 0 saturated carbocycles. The summed E-state index contributed by atoms with van der Waals surface area (Å²) in [6, 6.07) is 9.95. The minimum Gasteiger partial charge on any atom is -0.465 e. The number of carbonyl (C=O) groups is 2. The molecule has 110 valence electrons. The van der Waals surface area contributed by atoms with Crippen LogP contribution in [-0.2, 0) is 9.59 Å². The topological polar surface area (TPSA) is 62.6 Å². The van der Waals surface area contributed by atoms with Gasteiger partial charge >= 0.3 is 0 Å². The van der Waals surface area contributed by atoms with Crippen LogP contribution in [0, 0.1) is 0 Å². The SMILES string of the molecule is O=C1NC(=S)N(c2cccc(Cl)c2)C(=O)/C1=C\c1ccco1. The number of hydrogen-bond donors (Lipinski definition) is 1. The highest BCUT2D eigenvalue weighted by Crippen LogP contribution is 2.24. The molecule has 2 amide bonds. The van der Waals surface area contributed by atoms with E-state index in [1.165, 1.54) is 17.2 Å². The molecular weight excluding hydrogens is 324 g/mol. The molecule has 1 aromatic heterocycles. The number of furan rings is 1. The van der Waals surface area contributed by atoms with E-state index in [0.717, 1.165) is 0 Å². The van der Waals surface area contributed by atoms with Crippen LogP contribution in [0.2, 0.25) is 5.02 Å². The number of halogens is 1. The predicted molar refractivity (Wildman–Crippen MR) is 86.4 cm³/mol. The monoisotopic (exact) mass is 332 g/mol. The van der Waals surface area contributed by atoms with Crippen molar-refractivity contribution in [1.82, 2.24) is 5.32 Å². The highest BCUT2D eigenvalue weighted by atomic mass is 35.5. The number of carbonyl (C=O) groups excluding carboxylic acids is 2. The third kappa shape index (κ3) is 2.66. The van der Waals surface area contributed by atoms with Gasteiger partial charge in [0, 0.05) is 5.02 Å². The Kier molecular flexibility index (Phi) is 3.79. The van der Waals surface area contributed by atoms with Crippen molar-refractivity contribution in [2.45, 2.75) is 0 Å². The van der Waals surface area contributed by atoms with E-state index in [4.69, 9.17) is 28.2 Å². The average Bonchev–Trinajstić information content (AvgIpc) is 2.96. The van der Waals surface area contributed by atoms with Crippen LogP contribution < -0.4 is 10.2 Å². The second kappa shape index (κ2) is 5.75. The second-order valence-corrected chi connectivity index (χ2v) is 5.28. The fraction of sp³-hybridized carbons (Fsp3) is 0. The van der Waals surface area contributed by atoms with Crippen LogP contribution in [0.4, 0.5) is 5.69 Å². The van der Waals surface area contributed by atoms with E-state index in [2.05, 4.69) is 5.32 Å². The van der Waals surface area contributed by atoms with Crippen molar-refractivity contribution in [3.63, 3.8) is 0 Å². The standard InChI is InChI=1S/C15H9ClN2O3S/c16-9-3-1-4-10(7-9)18-14(20)12(13(19)17-15(18)22)8-11-5-2-6-21-11/h1-8H,(H,17,19,22)/b12-8-. The number of nitrogens with zero attached hydrogens (tertiary/aromatic N) is 1. The van der Waals surface area contributed by atoms with E-state index < -0.39 is 11.8 Å². The summed E-state index contributed by atoms with van der Waals surface area (Å²) in [4.78, 5) is 25.8. The number of hydrogen-bond acceptors (Lipinski definition) is 4. The largest absolute Gasteiger partial charge is 0.465 e. The molecule has 0 atom stereocenters. The van der Waals surface area contributed by atoms with Gasteiger partial charge in [-0.15, -0.1) is 0 Å². The van der Waals surface area contributed by atoms with Gasteiger partial charge in [0.05, 0.1) is 12.0 Å².